The predicted octanol–water partition coefficient (Wildman–Crippen LogP) is 2.81. The minimum atomic E-state index is 0.514. The molecule has 3 saturated carbocycles. The van der Waals surface area contributed by atoms with Crippen LogP contribution in [0.4, 0.5) is 0 Å². The van der Waals surface area contributed by atoms with E-state index in [2.05, 4.69) is 33.0 Å². The van der Waals surface area contributed by atoms with Crippen LogP contribution in [0.25, 0.3) is 0 Å². The summed E-state index contributed by atoms with van der Waals surface area (Å²) in [6, 6.07) is 1.63. The van der Waals surface area contributed by atoms with Crippen LogP contribution in [0.5, 0.6) is 0 Å². The number of fused-ring (bicyclic) bond motifs is 1. The van der Waals surface area contributed by atoms with Crippen molar-refractivity contribution >= 4 is 0 Å². The van der Waals surface area contributed by atoms with E-state index in [0.717, 1.165) is 23.9 Å². The molecule has 0 aromatic carbocycles. The van der Waals surface area contributed by atoms with Crippen LogP contribution in [0, 0.1) is 22.7 Å². The third-order valence-electron chi connectivity index (χ3n) is 5.74. The lowest BCUT2D eigenvalue weighted by molar-refractivity contribution is 0.431. The van der Waals surface area contributed by atoms with Crippen molar-refractivity contribution in [1.82, 2.24) is 5.32 Å². The minimum Gasteiger partial charge on any atom is -0.310 e. The fourth-order valence-electron chi connectivity index (χ4n) is 3.74. The minimum absolute atomic E-state index is 0.514. The van der Waals surface area contributed by atoms with Crippen molar-refractivity contribution in [1.29, 1.82) is 0 Å². The molecule has 0 spiro atoms. The third kappa shape index (κ3) is 0.997. The Morgan fingerprint density at radius 1 is 1.00 bits per heavy atom. The average Bonchev–Trinajstić information content (AvgIpc) is 2.86. The fraction of sp³-hybridized carbons (Fsp3) is 1.00. The molecule has 1 N–H and O–H groups in total. The Hall–Kier alpha value is -0.0400. The quantitative estimate of drug-likeness (QED) is 0.711. The van der Waals surface area contributed by atoms with E-state index < -0.39 is 0 Å². The van der Waals surface area contributed by atoms with Gasteiger partial charge < -0.3 is 5.32 Å². The molecule has 80 valence electrons. The summed E-state index contributed by atoms with van der Waals surface area (Å²) in [7, 11) is 0. The van der Waals surface area contributed by atoms with Gasteiger partial charge >= 0.3 is 0 Å². The maximum atomic E-state index is 3.92. The van der Waals surface area contributed by atoms with E-state index >= 15 is 0 Å². The molecule has 3 aliphatic rings. The molecule has 0 bridgehead atoms. The highest BCUT2D eigenvalue weighted by atomic mass is 15.1. The van der Waals surface area contributed by atoms with Gasteiger partial charge in [-0.15, -0.1) is 0 Å². The van der Waals surface area contributed by atoms with Gasteiger partial charge in [0.15, 0.2) is 0 Å². The Morgan fingerprint density at radius 2 is 1.64 bits per heavy atom. The van der Waals surface area contributed by atoms with Crippen molar-refractivity contribution in [3.05, 3.63) is 0 Å². The molecule has 1 heteroatoms. The lowest BCUT2D eigenvalue weighted by Gasteiger charge is -2.15. The average molecular weight is 193 g/mol. The molecule has 14 heavy (non-hydrogen) atoms. The lowest BCUT2D eigenvalue weighted by Crippen LogP contribution is -2.34. The Kier molecular flexibility index (Phi) is 1.56. The zero-order valence-corrected chi connectivity index (χ0v) is 9.93. The molecular weight excluding hydrogens is 170 g/mol. The second-order valence-corrected chi connectivity index (χ2v) is 6.89. The van der Waals surface area contributed by atoms with Crippen LogP contribution < -0.4 is 5.32 Å². The summed E-state index contributed by atoms with van der Waals surface area (Å²) in [5, 5.41) is 3.92. The summed E-state index contributed by atoms with van der Waals surface area (Å²) in [6.45, 7) is 9.63. The van der Waals surface area contributed by atoms with E-state index in [1.807, 2.05) is 0 Å². The summed E-state index contributed by atoms with van der Waals surface area (Å²) in [6.07, 6.45) is 4.46. The first kappa shape index (κ1) is 9.21. The van der Waals surface area contributed by atoms with Gasteiger partial charge in [-0.2, -0.15) is 0 Å². The summed E-state index contributed by atoms with van der Waals surface area (Å²) in [5.41, 5.74) is 1.03. The van der Waals surface area contributed by atoms with Crippen molar-refractivity contribution in [2.45, 2.75) is 59.0 Å². The van der Waals surface area contributed by atoms with E-state index in [0.29, 0.717) is 10.8 Å². The van der Waals surface area contributed by atoms with E-state index in [4.69, 9.17) is 0 Å². The van der Waals surface area contributed by atoms with Crippen molar-refractivity contribution < 1.29 is 0 Å². The molecule has 0 saturated heterocycles. The van der Waals surface area contributed by atoms with Gasteiger partial charge in [0.1, 0.15) is 0 Å². The molecule has 3 rings (SSSR count). The zero-order valence-electron chi connectivity index (χ0n) is 9.93. The van der Waals surface area contributed by atoms with Gasteiger partial charge in [-0.3, -0.25) is 0 Å². The largest absolute Gasteiger partial charge is 0.310 e. The number of hydrogen-bond acceptors (Lipinski definition) is 1. The molecule has 0 aromatic heterocycles. The lowest BCUT2D eigenvalue weighted by atomic mass is 10.0. The summed E-state index contributed by atoms with van der Waals surface area (Å²) in [4.78, 5) is 0. The molecule has 0 aromatic rings. The molecule has 0 radical (unpaired) electrons. The van der Waals surface area contributed by atoms with Crippen molar-refractivity contribution in [2.24, 2.45) is 22.7 Å². The first-order chi connectivity index (χ1) is 6.44. The van der Waals surface area contributed by atoms with Gasteiger partial charge in [0.05, 0.1) is 0 Å². The van der Waals surface area contributed by atoms with Gasteiger partial charge in [0.2, 0.25) is 0 Å². The summed E-state index contributed by atoms with van der Waals surface area (Å²) < 4.78 is 0. The van der Waals surface area contributed by atoms with Gasteiger partial charge in [0, 0.05) is 12.1 Å². The third-order valence-corrected chi connectivity index (χ3v) is 5.74. The highest BCUT2D eigenvalue weighted by Crippen LogP contribution is 2.64. The Morgan fingerprint density at radius 3 is 2.00 bits per heavy atom. The summed E-state index contributed by atoms with van der Waals surface area (Å²) >= 11 is 0. The second-order valence-electron chi connectivity index (χ2n) is 6.89. The van der Waals surface area contributed by atoms with Gasteiger partial charge in [-0.05, 0) is 41.9 Å². The van der Waals surface area contributed by atoms with Gasteiger partial charge in [-0.25, -0.2) is 0 Å². The smallest absolute Gasteiger partial charge is 0.0183 e. The number of rotatable bonds is 2. The van der Waals surface area contributed by atoms with Crippen LogP contribution in [0.15, 0.2) is 0 Å². The monoisotopic (exact) mass is 193 g/mol. The fourth-order valence-corrected chi connectivity index (χ4v) is 3.74. The maximum absolute atomic E-state index is 3.92. The number of hydrogen-bond donors (Lipinski definition) is 1. The standard InChI is InChI=1S/C13H23N/c1-12(2)11(13(12,3)4)14-10-6-5-8-7-9(8)10/h8-11,14H,5-7H2,1-4H3. The first-order valence-electron chi connectivity index (χ1n) is 6.20. The SMILES string of the molecule is CC1(C)C(NC2CCC3CC32)C1(C)C. The van der Waals surface area contributed by atoms with Crippen molar-refractivity contribution in [3.63, 3.8) is 0 Å². The van der Waals surface area contributed by atoms with Crippen molar-refractivity contribution in [2.75, 3.05) is 0 Å². The highest BCUT2D eigenvalue weighted by Gasteiger charge is 2.66. The molecule has 3 aliphatic carbocycles. The molecule has 3 atom stereocenters. The molecule has 0 aliphatic heterocycles. The number of nitrogens with one attached hydrogen (secondary N) is 1. The van der Waals surface area contributed by atoms with Crippen LogP contribution >= 0.6 is 0 Å². The zero-order chi connectivity index (χ0) is 10.1. The predicted molar refractivity (Wildman–Crippen MR) is 59.1 cm³/mol. The first-order valence-corrected chi connectivity index (χ1v) is 6.20. The second kappa shape index (κ2) is 2.37. The molecular formula is C13H23N. The van der Waals surface area contributed by atoms with Gasteiger partial charge in [-0.1, -0.05) is 27.7 Å². The molecule has 0 amide bonds. The van der Waals surface area contributed by atoms with Crippen LogP contribution in [0.1, 0.15) is 47.0 Å². The Labute approximate surface area is 87.7 Å². The molecule has 3 unspecified atom stereocenters. The molecule has 3 fully saturated rings. The van der Waals surface area contributed by atoms with Crippen molar-refractivity contribution in [3.8, 4) is 0 Å². The normalized spacial score (nSPS) is 47.6. The van der Waals surface area contributed by atoms with E-state index in [1.165, 1.54) is 19.3 Å². The van der Waals surface area contributed by atoms with E-state index in [-0.39, 0.29) is 0 Å². The topological polar surface area (TPSA) is 12.0 Å². The highest BCUT2D eigenvalue weighted by molar-refractivity contribution is 5.19. The Balaban J connectivity index is 1.64. The molecule has 1 nitrogen and oxygen atoms in total. The van der Waals surface area contributed by atoms with E-state index in [9.17, 15) is 0 Å². The maximum Gasteiger partial charge on any atom is 0.0183 e. The Bertz CT molecular complexity index is 252. The van der Waals surface area contributed by atoms with E-state index in [1.54, 1.807) is 0 Å². The van der Waals surface area contributed by atoms with Gasteiger partial charge in [0.25, 0.3) is 0 Å². The summed E-state index contributed by atoms with van der Waals surface area (Å²) in [5.74, 6) is 2.17. The van der Waals surface area contributed by atoms with Crippen LogP contribution in [0.3, 0.4) is 0 Å². The van der Waals surface area contributed by atoms with Crippen LogP contribution in [0.2, 0.25) is 0 Å². The molecule has 0 heterocycles. The van der Waals surface area contributed by atoms with Crippen LogP contribution in [-0.2, 0) is 0 Å². The van der Waals surface area contributed by atoms with Crippen LogP contribution in [-0.4, -0.2) is 12.1 Å².